The highest BCUT2D eigenvalue weighted by Gasteiger charge is 2.16. The Kier molecular flexibility index (Phi) is 4.77. The van der Waals surface area contributed by atoms with Crippen molar-refractivity contribution in [2.75, 3.05) is 11.6 Å². The molecule has 5 heteroatoms. The van der Waals surface area contributed by atoms with Crippen molar-refractivity contribution in [3.8, 4) is 0 Å². The van der Waals surface area contributed by atoms with Gasteiger partial charge in [-0.15, -0.1) is 0 Å². The fraction of sp³-hybridized carbons (Fsp3) is 0.182. The van der Waals surface area contributed by atoms with Gasteiger partial charge in [0.05, 0.1) is 4.53 Å². The Labute approximate surface area is 162 Å². The Hall–Kier alpha value is -2.92. The van der Waals surface area contributed by atoms with Gasteiger partial charge in [-0.1, -0.05) is 59.9 Å². The van der Waals surface area contributed by atoms with Crippen molar-refractivity contribution < 1.29 is 0 Å². The van der Waals surface area contributed by atoms with Crippen molar-refractivity contribution in [2.45, 2.75) is 20.5 Å². The Morgan fingerprint density at radius 3 is 2.56 bits per heavy atom. The number of benzene rings is 2. The molecule has 136 valence electrons. The van der Waals surface area contributed by atoms with Gasteiger partial charge >= 0.3 is 0 Å². The molecule has 0 saturated carbocycles. The van der Waals surface area contributed by atoms with Gasteiger partial charge in [-0.05, 0) is 48.7 Å². The largest absolute Gasteiger partial charge is 0.334 e. The molecule has 1 aromatic heterocycles. The van der Waals surface area contributed by atoms with Crippen LogP contribution in [0.25, 0.3) is 12.2 Å². The molecule has 0 radical (unpaired) electrons. The quantitative estimate of drug-likeness (QED) is 0.706. The number of anilines is 1. The summed E-state index contributed by atoms with van der Waals surface area (Å²) in [5.74, 6) is 0. The van der Waals surface area contributed by atoms with E-state index in [9.17, 15) is 4.79 Å². The summed E-state index contributed by atoms with van der Waals surface area (Å²) in [6.07, 6.45) is 5.81. The summed E-state index contributed by atoms with van der Waals surface area (Å²) in [6, 6.07) is 16.5. The standard InChI is InChI=1S/C22H21N3OS/c1-16-11-17(2)13-19(12-16)24-14-23-22-25(15-24)21(26)20(27-22)10-6-9-18-7-4-3-5-8-18/h3-13H,14-15H2,1-2H3/b9-6-,20-10?. The molecule has 3 aromatic rings. The fourth-order valence-corrected chi connectivity index (χ4v) is 4.15. The van der Waals surface area contributed by atoms with Gasteiger partial charge in [0.2, 0.25) is 0 Å². The lowest BCUT2D eigenvalue weighted by Gasteiger charge is -2.26. The van der Waals surface area contributed by atoms with Crippen LogP contribution in [0, 0.1) is 13.8 Å². The summed E-state index contributed by atoms with van der Waals surface area (Å²) in [5, 5.41) is 0. The molecule has 1 aliphatic rings. The van der Waals surface area contributed by atoms with Gasteiger partial charge in [0, 0.05) is 5.69 Å². The molecule has 4 nitrogen and oxygen atoms in total. The Morgan fingerprint density at radius 1 is 1.07 bits per heavy atom. The first-order valence-corrected chi connectivity index (χ1v) is 9.72. The molecule has 2 aromatic carbocycles. The van der Waals surface area contributed by atoms with Crippen molar-refractivity contribution in [1.29, 1.82) is 0 Å². The molecule has 27 heavy (non-hydrogen) atoms. The van der Waals surface area contributed by atoms with Crippen molar-refractivity contribution in [3.63, 3.8) is 0 Å². The second kappa shape index (κ2) is 7.37. The lowest BCUT2D eigenvalue weighted by Crippen LogP contribution is -2.42. The summed E-state index contributed by atoms with van der Waals surface area (Å²) in [5.41, 5.74) is 4.67. The van der Waals surface area contributed by atoms with Crippen molar-refractivity contribution in [2.24, 2.45) is 4.99 Å². The van der Waals surface area contributed by atoms with Gasteiger partial charge in [0.25, 0.3) is 5.56 Å². The van der Waals surface area contributed by atoms with Crippen LogP contribution in [0.5, 0.6) is 0 Å². The van der Waals surface area contributed by atoms with E-state index in [1.165, 1.54) is 22.5 Å². The summed E-state index contributed by atoms with van der Waals surface area (Å²) in [7, 11) is 0. The van der Waals surface area contributed by atoms with E-state index in [2.05, 4.69) is 41.9 Å². The molecule has 0 amide bonds. The van der Waals surface area contributed by atoms with Crippen molar-refractivity contribution in [1.82, 2.24) is 4.57 Å². The molecule has 0 fully saturated rings. The highest BCUT2D eigenvalue weighted by Crippen LogP contribution is 2.19. The van der Waals surface area contributed by atoms with Crippen LogP contribution < -0.4 is 19.8 Å². The second-order valence-electron chi connectivity index (χ2n) is 6.75. The average molecular weight is 375 g/mol. The van der Waals surface area contributed by atoms with Crippen LogP contribution in [0.1, 0.15) is 16.7 Å². The molecule has 0 bridgehead atoms. The Morgan fingerprint density at radius 2 is 1.81 bits per heavy atom. The van der Waals surface area contributed by atoms with E-state index in [1.54, 1.807) is 4.57 Å². The third-order valence-corrected chi connectivity index (χ3v) is 5.55. The predicted octanol–water partition coefficient (Wildman–Crippen LogP) is 3.08. The monoisotopic (exact) mass is 375 g/mol. The maximum absolute atomic E-state index is 12.8. The molecular formula is C22H21N3OS. The number of thiazole rings is 1. The SMILES string of the molecule is Cc1cc(C)cc(N2CN=c3sc(=C/C=C\c4ccccc4)c(=O)n3C2)c1. The summed E-state index contributed by atoms with van der Waals surface area (Å²) < 4.78 is 2.47. The zero-order chi connectivity index (χ0) is 18.8. The molecule has 0 unspecified atom stereocenters. The van der Waals surface area contributed by atoms with Crippen molar-refractivity contribution in [3.05, 3.63) is 91.0 Å². The number of nitrogens with zero attached hydrogens (tertiary/aromatic N) is 3. The molecular weight excluding hydrogens is 354 g/mol. The number of rotatable bonds is 3. The minimum atomic E-state index is 0.0190. The van der Waals surface area contributed by atoms with Gasteiger partial charge in [-0.3, -0.25) is 9.36 Å². The molecule has 0 aliphatic carbocycles. The first kappa shape index (κ1) is 17.5. The Bertz CT molecular complexity index is 1150. The van der Waals surface area contributed by atoms with Crippen LogP contribution in [-0.2, 0) is 6.67 Å². The Balaban J connectivity index is 1.63. The zero-order valence-electron chi connectivity index (χ0n) is 15.4. The van der Waals surface area contributed by atoms with Crippen LogP contribution in [0.3, 0.4) is 0 Å². The van der Waals surface area contributed by atoms with E-state index in [4.69, 9.17) is 0 Å². The van der Waals surface area contributed by atoms with Crippen LogP contribution in [-0.4, -0.2) is 11.2 Å². The fourth-order valence-electron chi connectivity index (χ4n) is 3.23. The number of aromatic nitrogens is 1. The molecule has 1 aliphatic heterocycles. The van der Waals surface area contributed by atoms with Crippen LogP contribution in [0.15, 0.2) is 64.4 Å². The van der Waals surface area contributed by atoms with Crippen molar-refractivity contribution >= 4 is 29.2 Å². The maximum Gasteiger partial charge on any atom is 0.271 e. The number of allylic oxidation sites excluding steroid dienone is 1. The maximum atomic E-state index is 12.8. The third kappa shape index (κ3) is 3.78. The molecule has 4 rings (SSSR count). The molecule has 0 spiro atoms. The van der Waals surface area contributed by atoms with E-state index in [0.29, 0.717) is 17.9 Å². The normalized spacial score (nSPS) is 14.4. The third-order valence-electron chi connectivity index (χ3n) is 4.48. The highest BCUT2D eigenvalue weighted by atomic mass is 32.1. The molecule has 0 N–H and O–H groups in total. The van der Waals surface area contributed by atoms with E-state index in [-0.39, 0.29) is 5.56 Å². The average Bonchev–Trinajstić information content (AvgIpc) is 2.97. The van der Waals surface area contributed by atoms with E-state index >= 15 is 0 Å². The van der Waals surface area contributed by atoms with Crippen LogP contribution >= 0.6 is 11.3 Å². The lowest BCUT2D eigenvalue weighted by molar-refractivity contribution is 0.569. The first-order valence-electron chi connectivity index (χ1n) is 8.91. The number of hydrogen-bond acceptors (Lipinski definition) is 4. The summed E-state index contributed by atoms with van der Waals surface area (Å²) >= 11 is 1.45. The number of fused-ring (bicyclic) bond motifs is 1. The highest BCUT2D eigenvalue weighted by molar-refractivity contribution is 7.07. The van der Waals surface area contributed by atoms with Gasteiger partial charge in [0.15, 0.2) is 4.80 Å². The summed E-state index contributed by atoms with van der Waals surface area (Å²) in [4.78, 5) is 20.3. The minimum absolute atomic E-state index is 0.0190. The minimum Gasteiger partial charge on any atom is -0.334 e. The molecule has 0 atom stereocenters. The molecule has 2 heterocycles. The topological polar surface area (TPSA) is 37.6 Å². The van der Waals surface area contributed by atoms with E-state index in [1.807, 2.05) is 48.6 Å². The van der Waals surface area contributed by atoms with Crippen LogP contribution in [0.4, 0.5) is 5.69 Å². The smallest absolute Gasteiger partial charge is 0.271 e. The predicted molar refractivity (Wildman–Crippen MR) is 113 cm³/mol. The van der Waals surface area contributed by atoms with E-state index < -0.39 is 0 Å². The van der Waals surface area contributed by atoms with Crippen LogP contribution in [0.2, 0.25) is 0 Å². The molecule has 0 saturated heterocycles. The second-order valence-corrected chi connectivity index (χ2v) is 7.75. The van der Waals surface area contributed by atoms with Gasteiger partial charge in [0.1, 0.15) is 13.3 Å². The number of hydrogen-bond donors (Lipinski definition) is 0. The number of aryl methyl sites for hydroxylation is 2. The first-order chi connectivity index (χ1) is 13.1. The van der Waals surface area contributed by atoms with Gasteiger partial charge < -0.3 is 4.90 Å². The zero-order valence-corrected chi connectivity index (χ0v) is 16.2. The van der Waals surface area contributed by atoms with Gasteiger partial charge in [-0.2, -0.15) is 0 Å². The van der Waals surface area contributed by atoms with Gasteiger partial charge in [-0.25, -0.2) is 4.99 Å². The lowest BCUT2D eigenvalue weighted by atomic mass is 10.1. The van der Waals surface area contributed by atoms with E-state index in [0.717, 1.165) is 16.1 Å². The summed E-state index contributed by atoms with van der Waals surface area (Å²) in [6.45, 7) is 5.28.